The molecule has 2 aromatic carbocycles. The van der Waals surface area contributed by atoms with Gasteiger partial charge >= 0.3 is 11.9 Å². The summed E-state index contributed by atoms with van der Waals surface area (Å²) in [6.07, 6.45) is 8.40. The molecule has 3 aliphatic heterocycles. The summed E-state index contributed by atoms with van der Waals surface area (Å²) in [4.78, 5) is 59.6. The summed E-state index contributed by atoms with van der Waals surface area (Å²) in [6.45, 7) is 5.09. The van der Waals surface area contributed by atoms with Gasteiger partial charge in [-0.05, 0) is 106 Å². The van der Waals surface area contributed by atoms with Crippen LogP contribution in [0.5, 0.6) is 5.75 Å². The van der Waals surface area contributed by atoms with Crippen LogP contribution in [-0.4, -0.2) is 86.4 Å². The van der Waals surface area contributed by atoms with E-state index in [9.17, 15) is 32.3 Å². The molecule has 1 spiro atoms. The number of nitrogens with one attached hydrogen (secondary N) is 2. The van der Waals surface area contributed by atoms with Crippen LogP contribution in [0.4, 0.5) is 24.5 Å². The van der Waals surface area contributed by atoms with Crippen LogP contribution < -0.4 is 26.0 Å². The van der Waals surface area contributed by atoms with Gasteiger partial charge in [-0.3, -0.25) is 38.5 Å². The van der Waals surface area contributed by atoms with Crippen molar-refractivity contribution in [2.75, 3.05) is 50.1 Å². The summed E-state index contributed by atoms with van der Waals surface area (Å²) in [5, 5.41) is 10.7. The number of rotatable bonds is 8. The van der Waals surface area contributed by atoms with Crippen molar-refractivity contribution in [1.82, 2.24) is 34.1 Å². The van der Waals surface area contributed by atoms with Crippen LogP contribution >= 0.6 is 0 Å². The number of likely N-dealkylation sites (tertiary alicyclic amines) is 1. The first-order valence-electron chi connectivity index (χ1n) is 21.2. The number of pyridine rings is 1. The number of hydrogen-bond donors (Lipinski definition) is 2. The lowest BCUT2D eigenvalue weighted by molar-refractivity contribution is -0.138. The van der Waals surface area contributed by atoms with E-state index in [1.807, 2.05) is 23.0 Å². The molecule has 4 fully saturated rings. The smallest absolute Gasteiger partial charge is 0.417 e. The Morgan fingerprint density at radius 1 is 0.967 bits per heavy atom. The number of benzene rings is 2. The molecular weight excluding hydrogens is 792 g/mol. The number of piperidine rings is 3. The van der Waals surface area contributed by atoms with Crippen LogP contribution in [0.2, 0.25) is 0 Å². The van der Waals surface area contributed by atoms with Crippen molar-refractivity contribution in [3.63, 3.8) is 0 Å². The van der Waals surface area contributed by atoms with Gasteiger partial charge in [-0.1, -0.05) is 6.07 Å². The molecule has 3 amide bonds. The van der Waals surface area contributed by atoms with E-state index in [4.69, 9.17) is 9.84 Å². The minimum atomic E-state index is -4.62. The third-order valence-corrected chi connectivity index (χ3v) is 13.8. The van der Waals surface area contributed by atoms with Crippen LogP contribution in [0.25, 0.3) is 21.9 Å². The number of aryl methyl sites for hydroxylation is 1. The Morgan fingerprint density at radius 2 is 1.70 bits per heavy atom. The molecule has 17 heteroatoms. The molecule has 1 unspecified atom stereocenters. The summed E-state index contributed by atoms with van der Waals surface area (Å²) < 4.78 is 50.4. The maximum atomic E-state index is 13.5. The summed E-state index contributed by atoms with van der Waals surface area (Å²) >= 11 is 0. The van der Waals surface area contributed by atoms with Gasteiger partial charge in [0.25, 0.3) is 5.91 Å². The van der Waals surface area contributed by atoms with E-state index in [2.05, 4.69) is 31.5 Å². The van der Waals surface area contributed by atoms with Gasteiger partial charge in [0.15, 0.2) is 0 Å². The zero-order chi connectivity index (χ0) is 42.6. The van der Waals surface area contributed by atoms with Crippen molar-refractivity contribution in [3.8, 4) is 5.75 Å². The highest BCUT2D eigenvalue weighted by atomic mass is 19.4. The lowest BCUT2D eigenvalue weighted by Gasteiger charge is -2.48. The number of carbonyl (C=O) groups excluding carboxylic acids is 3. The van der Waals surface area contributed by atoms with Gasteiger partial charge in [-0.2, -0.15) is 18.3 Å². The van der Waals surface area contributed by atoms with Crippen molar-refractivity contribution < 1.29 is 32.3 Å². The number of amides is 3. The topological polar surface area (TPSA) is 149 Å². The van der Waals surface area contributed by atoms with E-state index >= 15 is 0 Å². The first-order valence-corrected chi connectivity index (χ1v) is 21.2. The van der Waals surface area contributed by atoms with E-state index in [0.717, 1.165) is 106 Å². The minimum Gasteiger partial charge on any atom is -0.494 e. The van der Waals surface area contributed by atoms with Gasteiger partial charge in [0.2, 0.25) is 11.8 Å². The SMILES string of the molecule is COc1cc2nn(C3CCC(CN4CCC5(CC4)CCN(c4cccc6c4n(C)c(=O)n6C4CCC(=O)NC4=O)CC5)CC3)cc2cc1NC(=O)c1cncc(C(F)(F)F)c1. The number of imide groups is 1. The van der Waals surface area contributed by atoms with Gasteiger partial charge in [0.05, 0.1) is 52.2 Å². The first kappa shape index (κ1) is 40.7. The highest BCUT2D eigenvalue weighted by Gasteiger charge is 2.39. The Labute approximate surface area is 350 Å². The molecule has 3 saturated heterocycles. The summed E-state index contributed by atoms with van der Waals surface area (Å²) in [5.74, 6) is -0.484. The summed E-state index contributed by atoms with van der Waals surface area (Å²) in [7, 11) is 3.23. The van der Waals surface area contributed by atoms with Gasteiger partial charge in [0, 0.05) is 63.1 Å². The number of anilines is 2. The van der Waals surface area contributed by atoms with E-state index in [1.165, 1.54) is 20.0 Å². The maximum absolute atomic E-state index is 13.5. The average molecular weight is 842 g/mol. The van der Waals surface area contributed by atoms with Gasteiger partial charge in [0.1, 0.15) is 11.8 Å². The van der Waals surface area contributed by atoms with Crippen LogP contribution in [0.3, 0.4) is 0 Å². The zero-order valence-electron chi connectivity index (χ0n) is 34.3. The largest absolute Gasteiger partial charge is 0.494 e. The van der Waals surface area contributed by atoms with Crippen LogP contribution in [0.1, 0.15) is 92.2 Å². The van der Waals surface area contributed by atoms with Crippen molar-refractivity contribution in [2.45, 2.75) is 82.5 Å². The van der Waals surface area contributed by atoms with Crippen LogP contribution in [-0.2, 0) is 22.8 Å². The van der Waals surface area contributed by atoms with Gasteiger partial charge in [-0.15, -0.1) is 0 Å². The molecule has 1 aliphatic carbocycles. The second kappa shape index (κ2) is 16.0. The highest BCUT2D eigenvalue weighted by molar-refractivity contribution is 6.06. The molecule has 6 heterocycles. The number of carbonyl (C=O) groups is 3. The first-order chi connectivity index (χ1) is 29.3. The predicted octanol–water partition coefficient (Wildman–Crippen LogP) is 6.46. The maximum Gasteiger partial charge on any atom is 0.417 e. The fraction of sp³-hybridized carbons (Fsp3) is 0.500. The molecule has 1 saturated carbocycles. The molecule has 322 valence electrons. The summed E-state index contributed by atoms with van der Waals surface area (Å²) in [5.41, 5.74) is 2.45. The highest BCUT2D eigenvalue weighted by Crippen LogP contribution is 2.44. The lowest BCUT2D eigenvalue weighted by Crippen LogP contribution is -2.48. The van der Waals surface area contributed by atoms with Gasteiger partial charge < -0.3 is 19.9 Å². The standard InChI is InChI=1S/C44H50F3N9O5/c1-52-39-34(4-3-5-35(39)56(42(52)60)36-10-11-38(57)50-41(36)59)54-18-14-43(15-19-54)12-16-53(17-13-43)25-27-6-8-31(9-7-27)55-26-29-21-33(37(61-2)22-32(29)51-55)49-40(58)28-20-30(24-48-23-28)44(45,46)47/h3-5,20-24,26-27,31,36H,6-19,25H2,1-2H3,(H,49,58)(H,50,57,59). The molecule has 14 nitrogen and oxygen atoms in total. The minimum absolute atomic E-state index is 0.209. The second-order valence-corrected chi connectivity index (χ2v) is 17.4. The number of halogens is 3. The fourth-order valence-electron chi connectivity index (χ4n) is 10.2. The third-order valence-electron chi connectivity index (χ3n) is 13.8. The number of para-hydroxylation sites is 1. The Balaban J connectivity index is 0.776. The number of ether oxygens (including phenoxy) is 1. The molecule has 3 aromatic heterocycles. The third kappa shape index (κ3) is 7.88. The Kier molecular flexibility index (Phi) is 10.6. The number of imidazole rings is 1. The Bertz CT molecular complexity index is 2550. The predicted molar refractivity (Wildman–Crippen MR) is 223 cm³/mol. The number of alkyl halides is 3. The molecule has 1 atom stereocenters. The normalized spacial score (nSPS) is 22.5. The number of methoxy groups -OCH3 is 1. The number of nitrogens with zero attached hydrogens (tertiary/aromatic N) is 7. The Hall–Kier alpha value is -5.71. The van der Waals surface area contributed by atoms with Gasteiger partial charge in [-0.25, -0.2) is 4.79 Å². The molecule has 5 aromatic rings. The number of hydrogen-bond acceptors (Lipinski definition) is 9. The van der Waals surface area contributed by atoms with Crippen molar-refractivity contribution in [3.05, 3.63) is 76.6 Å². The van der Waals surface area contributed by atoms with Crippen molar-refractivity contribution >= 4 is 51.0 Å². The molecule has 0 bridgehead atoms. The molecular formula is C44H50F3N9O5. The Morgan fingerprint density at radius 3 is 2.41 bits per heavy atom. The monoisotopic (exact) mass is 841 g/mol. The zero-order valence-corrected chi connectivity index (χ0v) is 34.3. The van der Waals surface area contributed by atoms with Crippen LogP contribution in [0, 0.1) is 11.3 Å². The van der Waals surface area contributed by atoms with E-state index in [1.54, 1.807) is 28.3 Å². The van der Waals surface area contributed by atoms with E-state index in [0.29, 0.717) is 40.9 Å². The molecule has 61 heavy (non-hydrogen) atoms. The average Bonchev–Trinajstić information content (AvgIpc) is 3.78. The lowest BCUT2D eigenvalue weighted by atomic mass is 9.71. The molecule has 4 aliphatic rings. The molecule has 9 rings (SSSR count). The number of aromatic nitrogens is 5. The molecule has 0 radical (unpaired) electrons. The number of fused-ring (bicyclic) bond motifs is 2. The fourth-order valence-corrected chi connectivity index (χ4v) is 10.2. The molecule has 2 N–H and O–H groups in total. The van der Waals surface area contributed by atoms with E-state index < -0.39 is 29.6 Å². The second-order valence-electron chi connectivity index (χ2n) is 17.4. The summed E-state index contributed by atoms with van der Waals surface area (Å²) in [6, 6.07) is 9.71. The van der Waals surface area contributed by atoms with Crippen molar-refractivity contribution in [2.24, 2.45) is 18.4 Å². The quantitative estimate of drug-likeness (QED) is 0.168. The van der Waals surface area contributed by atoms with Crippen molar-refractivity contribution in [1.29, 1.82) is 0 Å². The van der Waals surface area contributed by atoms with E-state index in [-0.39, 0.29) is 29.6 Å². The van der Waals surface area contributed by atoms with Crippen LogP contribution in [0.15, 0.2) is 59.8 Å².